The van der Waals surface area contributed by atoms with E-state index in [2.05, 4.69) is 5.32 Å². The second-order valence-corrected chi connectivity index (χ2v) is 11.2. The number of nitrogens with zero attached hydrogens (tertiary/aromatic N) is 1. The molecule has 10 heteroatoms. The van der Waals surface area contributed by atoms with E-state index in [0.29, 0.717) is 5.56 Å². The van der Waals surface area contributed by atoms with Crippen LogP contribution in [0.3, 0.4) is 0 Å². The number of sulfone groups is 1. The summed E-state index contributed by atoms with van der Waals surface area (Å²) in [4.78, 5) is 14.8. The topological polar surface area (TPSA) is 66.5 Å². The van der Waals surface area contributed by atoms with Gasteiger partial charge in [0.15, 0.2) is 9.84 Å². The summed E-state index contributed by atoms with van der Waals surface area (Å²) in [5, 5.41) is 2.83. The second-order valence-electron chi connectivity index (χ2n) is 8.49. The number of halogens is 4. The van der Waals surface area contributed by atoms with Gasteiger partial charge >= 0.3 is 6.18 Å². The van der Waals surface area contributed by atoms with Crippen LogP contribution in [-0.4, -0.2) is 38.1 Å². The molecule has 5 nitrogen and oxygen atoms in total. The minimum Gasteiger partial charge on any atom is -0.348 e. The van der Waals surface area contributed by atoms with Gasteiger partial charge in [0.1, 0.15) is 0 Å². The fourth-order valence-electron chi connectivity index (χ4n) is 4.17. The van der Waals surface area contributed by atoms with Crippen LogP contribution in [0.2, 0.25) is 5.02 Å². The number of carbonyl (C=O) groups excluding carboxylic acids is 1. The van der Waals surface area contributed by atoms with Crippen LogP contribution in [0.25, 0.3) is 0 Å². The number of piperidine rings is 1. The lowest BCUT2D eigenvalue weighted by molar-refractivity contribution is -0.138. The maximum Gasteiger partial charge on any atom is 0.416 e. The molecule has 0 bridgehead atoms. The molecule has 0 aliphatic carbocycles. The van der Waals surface area contributed by atoms with Crippen LogP contribution in [0, 0.1) is 6.92 Å². The van der Waals surface area contributed by atoms with Gasteiger partial charge in [-0.25, -0.2) is 8.42 Å². The highest BCUT2D eigenvalue weighted by Gasteiger charge is 2.35. The van der Waals surface area contributed by atoms with Gasteiger partial charge in [-0.15, -0.1) is 0 Å². The van der Waals surface area contributed by atoms with E-state index in [9.17, 15) is 26.4 Å². The Labute approximate surface area is 203 Å². The van der Waals surface area contributed by atoms with Crippen molar-refractivity contribution < 1.29 is 26.4 Å². The first kappa shape index (κ1) is 26.5. The summed E-state index contributed by atoms with van der Waals surface area (Å²) in [6, 6.07) is 6.56. The van der Waals surface area contributed by atoms with Crippen molar-refractivity contribution >= 4 is 27.3 Å². The lowest BCUT2D eigenvalue weighted by Gasteiger charge is -2.28. The molecule has 1 aliphatic heterocycles. The molecule has 0 spiro atoms. The van der Waals surface area contributed by atoms with Crippen LogP contribution in [0.15, 0.2) is 35.2 Å². The van der Waals surface area contributed by atoms with Gasteiger partial charge in [0.2, 0.25) is 0 Å². The Balaban J connectivity index is 1.87. The minimum atomic E-state index is -4.61. The molecule has 1 fully saturated rings. The monoisotopic (exact) mass is 516 g/mol. The number of nitrogens with one attached hydrogen (secondary N) is 1. The summed E-state index contributed by atoms with van der Waals surface area (Å²) >= 11 is 6.00. The Hall–Kier alpha value is -2.10. The fraction of sp³-hybridized carbons (Fsp3) is 0.458. The van der Waals surface area contributed by atoms with Gasteiger partial charge in [0.25, 0.3) is 5.91 Å². The van der Waals surface area contributed by atoms with Crippen LogP contribution < -0.4 is 5.32 Å². The lowest BCUT2D eigenvalue weighted by Crippen LogP contribution is -2.31. The van der Waals surface area contributed by atoms with E-state index < -0.39 is 27.5 Å². The van der Waals surface area contributed by atoms with Crippen LogP contribution in [0.4, 0.5) is 13.2 Å². The maximum absolute atomic E-state index is 13.9. The molecule has 1 N–H and O–H groups in total. The van der Waals surface area contributed by atoms with Gasteiger partial charge in [-0.1, -0.05) is 24.9 Å². The van der Waals surface area contributed by atoms with E-state index in [0.717, 1.165) is 38.4 Å². The number of hydrogen-bond acceptors (Lipinski definition) is 4. The average molecular weight is 517 g/mol. The Kier molecular flexibility index (Phi) is 8.31. The van der Waals surface area contributed by atoms with Crippen LogP contribution >= 0.6 is 11.6 Å². The summed E-state index contributed by atoms with van der Waals surface area (Å²) in [6.07, 6.45) is -1.61. The smallest absolute Gasteiger partial charge is 0.348 e. The number of hydrogen-bond donors (Lipinski definition) is 1. The molecular formula is C24H28ClF3N2O3S. The molecule has 1 amide bonds. The Bertz CT molecular complexity index is 1160. The van der Waals surface area contributed by atoms with Gasteiger partial charge in [-0.2, -0.15) is 13.2 Å². The molecule has 1 heterocycles. The molecule has 0 radical (unpaired) electrons. The highest BCUT2D eigenvalue weighted by molar-refractivity contribution is 7.91. The molecule has 2 aromatic carbocycles. The third-order valence-electron chi connectivity index (χ3n) is 6.05. The summed E-state index contributed by atoms with van der Waals surface area (Å²) in [7, 11) is -3.57. The Morgan fingerprint density at radius 3 is 2.41 bits per heavy atom. The van der Waals surface area contributed by atoms with Crippen molar-refractivity contribution in [1.82, 2.24) is 10.2 Å². The molecule has 1 aliphatic rings. The number of amides is 1. The normalized spacial score (nSPS) is 15.4. The zero-order chi connectivity index (χ0) is 25.1. The maximum atomic E-state index is 13.9. The fourth-order valence-corrected chi connectivity index (χ4v) is 5.49. The van der Waals surface area contributed by atoms with E-state index in [1.807, 2.05) is 4.90 Å². The molecule has 186 valence electrons. The molecule has 0 atom stereocenters. The number of aryl methyl sites for hydroxylation is 1. The van der Waals surface area contributed by atoms with Crippen molar-refractivity contribution in [3.63, 3.8) is 0 Å². The van der Waals surface area contributed by atoms with Crippen molar-refractivity contribution in [2.75, 3.05) is 18.8 Å². The van der Waals surface area contributed by atoms with Gasteiger partial charge in [0.05, 0.1) is 16.2 Å². The molecular weight excluding hydrogens is 489 g/mol. The Morgan fingerprint density at radius 2 is 1.79 bits per heavy atom. The van der Waals surface area contributed by atoms with E-state index in [4.69, 9.17) is 11.6 Å². The highest BCUT2D eigenvalue weighted by Crippen LogP contribution is 2.35. The van der Waals surface area contributed by atoms with Gasteiger partial charge < -0.3 is 5.32 Å². The summed E-state index contributed by atoms with van der Waals surface area (Å²) in [6.45, 7) is 4.57. The third kappa shape index (κ3) is 6.31. The average Bonchev–Trinajstić information content (AvgIpc) is 2.78. The standard InChI is InChI=1S/C24H28ClF3N2O3S/c1-3-34(32,33)22-8-7-19(25)12-18(22)14-29-23(31)17-11-16(2)20(21(13-17)24(26,27)28)15-30-9-5-4-6-10-30/h7-8,11-13H,3-6,9-10,14-15H2,1-2H3,(H,29,31). The number of likely N-dealkylation sites (tertiary alicyclic amines) is 1. The molecule has 0 unspecified atom stereocenters. The highest BCUT2D eigenvalue weighted by atomic mass is 35.5. The Morgan fingerprint density at radius 1 is 1.12 bits per heavy atom. The first-order valence-corrected chi connectivity index (χ1v) is 13.2. The first-order valence-electron chi connectivity index (χ1n) is 11.1. The predicted octanol–water partition coefficient (Wildman–Crippen LogP) is 5.38. The molecule has 1 saturated heterocycles. The zero-order valence-electron chi connectivity index (χ0n) is 19.1. The summed E-state index contributed by atoms with van der Waals surface area (Å²) < 4.78 is 66.5. The summed E-state index contributed by atoms with van der Waals surface area (Å²) in [5.41, 5.74) is -0.105. The molecule has 2 aromatic rings. The first-order chi connectivity index (χ1) is 15.9. The predicted molar refractivity (Wildman–Crippen MR) is 126 cm³/mol. The van der Waals surface area contributed by atoms with Crippen molar-refractivity contribution in [3.8, 4) is 0 Å². The number of rotatable bonds is 7. The van der Waals surface area contributed by atoms with Crippen molar-refractivity contribution in [2.45, 2.75) is 57.3 Å². The largest absolute Gasteiger partial charge is 0.416 e. The van der Waals surface area contributed by atoms with Crippen molar-refractivity contribution in [3.05, 3.63) is 63.2 Å². The zero-order valence-corrected chi connectivity index (χ0v) is 20.7. The second kappa shape index (κ2) is 10.7. The minimum absolute atomic E-state index is 0.0312. The number of alkyl halides is 3. The van der Waals surface area contributed by atoms with Crippen molar-refractivity contribution in [2.24, 2.45) is 0 Å². The lowest BCUT2D eigenvalue weighted by atomic mass is 9.96. The van der Waals surface area contributed by atoms with Gasteiger partial charge in [0, 0.05) is 23.7 Å². The molecule has 0 saturated carbocycles. The molecule has 0 aromatic heterocycles. The van der Waals surface area contributed by atoms with Crippen LogP contribution in [0.5, 0.6) is 0 Å². The SMILES string of the molecule is CCS(=O)(=O)c1ccc(Cl)cc1CNC(=O)c1cc(C)c(CN2CCCCC2)c(C(F)(F)F)c1. The van der Waals surface area contributed by atoms with Crippen LogP contribution in [-0.2, 0) is 29.1 Å². The number of carbonyl (C=O) groups is 1. The molecule has 3 rings (SSSR count). The van der Waals surface area contributed by atoms with Gasteiger partial charge in [-0.3, -0.25) is 9.69 Å². The van der Waals surface area contributed by atoms with E-state index in [1.54, 1.807) is 6.92 Å². The van der Waals surface area contributed by atoms with Crippen molar-refractivity contribution in [1.29, 1.82) is 0 Å². The van der Waals surface area contributed by atoms with Crippen LogP contribution in [0.1, 0.15) is 58.8 Å². The van der Waals surface area contributed by atoms with E-state index >= 15 is 0 Å². The quantitative estimate of drug-likeness (QED) is 0.537. The summed E-state index contributed by atoms with van der Waals surface area (Å²) in [5.74, 6) is -0.861. The van der Waals surface area contributed by atoms with E-state index in [-0.39, 0.29) is 45.5 Å². The molecule has 34 heavy (non-hydrogen) atoms. The number of benzene rings is 2. The van der Waals surface area contributed by atoms with Gasteiger partial charge in [-0.05, 0) is 79.9 Å². The van der Waals surface area contributed by atoms with E-state index in [1.165, 1.54) is 31.2 Å². The third-order valence-corrected chi connectivity index (χ3v) is 8.11.